The lowest BCUT2D eigenvalue weighted by Gasteiger charge is -2.33. The van der Waals surface area contributed by atoms with Crippen molar-refractivity contribution in [3.63, 3.8) is 0 Å². The van der Waals surface area contributed by atoms with Crippen LogP contribution in [0.25, 0.3) is 0 Å². The van der Waals surface area contributed by atoms with Gasteiger partial charge in [0, 0.05) is 19.5 Å². The molecule has 2 aliphatic heterocycles. The third-order valence-corrected chi connectivity index (χ3v) is 4.65. The monoisotopic (exact) mass is 324 g/mol. The number of carbonyl (C=O) groups excluding carboxylic acids is 1. The first-order chi connectivity index (χ1) is 10.3. The van der Waals surface area contributed by atoms with Crippen LogP contribution in [0.1, 0.15) is 24.8 Å². The topological polar surface area (TPSA) is 41.6 Å². The van der Waals surface area contributed by atoms with Crippen LogP contribution in [0, 0.1) is 5.92 Å². The summed E-state index contributed by atoms with van der Waals surface area (Å²) >= 11 is 0. The van der Waals surface area contributed by atoms with E-state index in [2.05, 4.69) is 5.32 Å². The van der Waals surface area contributed by atoms with Gasteiger partial charge < -0.3 is 15.0 Å². The summed E-state index contributed by atoms with van der Waals surface area (Å²) in [4.78, 5) is 14.6. The summed E-state index contributed by atoms with van der Waals surface area (Å²) in [5.41, 5.74) is 1.15. The fourth-order valence-electron chi connectivity index (χ4n) is 3.31. The van der Waals surface area contributed by atoms with E-state index in [4.69, 9.17) is 4.74 Å². The van der Waals surface area contributed by atoms with Crippen LogP contribution in [0.3, 0.4) is 0 Å². The van der Waals surface area contributed by atoms with Gasteiger partial charge in [0.2, 0.25) is 0 Å². The summed E-state index contributed by atoms with van der Waals surface area (Å²) < 4.78 is 5.81. The van der Waals surface area contributed by atoms with Gasteiger partial charge in [0.1, 0.15) is 5.75 Å². The molecule has 1 fully saturated rings. The second-order valence-corrected chi connectivity index (χ2v) is 6.08. The van der Waals surface area contributed by atoms with E-state index in [1.807, 2.05) is 36.2 Å². The van der Waals surface area contributed by atoms with Crippen molar-refractivity contribution in [1.29, 1.82) is 0 Å². The Bertz CT molecular complexity index is 476. The lowest BCUT2D eigenvalue weighted by molar-refractivity contribution is -0.139. The van der Waals surface area contributed by atoms with E-state index >= 15 is 0 Å². The van der Waals surface area contributed by atoms with Crippen LogP contribution < -0.4 is 10.1 Å². The fraction of sp³-hybridized carbons (Fsp3) is 0.588. The summed E-state index contributed by atoms with van der Waals surface area (Å²) in [6, 6.07) is 7.96. The van der Waals surface area contributed by atoms with Gasteiger partial charge >= 0.3 is 0 Å². The number of amides is 1. The van der Waals surface area contributed by atoms with Crippen molar-refractivity contribution in [1.82, 2.24) is 10.2 Å². The minimum absolute atomic E-state index is 0. The molecule has 1 aromatic rings. The molecule has 3 rings (SSSR count). The molecule has 1 atom stereocenters. The summed E-state index contributed by atoms with van der Waals surface area (Å²) in [5.74, 6) is 1.79. The number of carbonyl (C=O) groups is 1. The predicted molar refractivity (Wildman–Crippen MR) is 89.7 cm³/mol. The van der Waals surface area contributed by atoms with Gasteiger partial charge in [-0.15, -0.1) is 12.4 Å². The van der Waals surface area contributed by atoms with Crippen LogP contribution in [-0.4, -0.2) is 43.6 Å². The van der Waals surface area contributed by atoms with Crippen molar-refractivity contribution < 1.29 is 9.53 Å². The Balaban J connectivity index is 0.00000176. The molecule has 2 aliphatic rings. The highest BCUT2D eigenvalue weighted by Crippen LogP contribution is 2.30. The molecule has 4 nitrogen and oxygen atoms in total. The average Bonchev–Trinajstić information content (AvgIpc) is 2.96. The smallest absolute Gasteiger partial charge is 0.263 e. The van der Waals surface area contributed by atoms with Gasteiger partial charge in [-0.3, -0.25) is 4.79 Å². The van der Waals surface area contributed by atoms with Gasteiger partial charge in [-0.25, -0.2) is 0 Å². The lowest BCUT2D eigenvalue weighted by atomic mass is 9.93. The van der Waals surface area contributed by atoms with E-state index in [0.29, 0.717) is 6.42 Å². The number of ether oxygens (including phenoxy) is 1. The molecule has 0 aromatic heterocycles. The number of para-hydroxylation sites is 1. The number of benzene rings is 1. The molecule has 0 bridgehead atoms. The zero-order valence-electron chi connectivity index (χ0n) is 13.1. The van der Waals surface area contributed by atoms with Crippen LogP contribution in [0.4, 0.5) is 0 Å². The molecule has 1 unspecified atom stereocenters. The molecule has 5 heteroatoms. The van der Waals surface area contributed by atoms with Gasteiger partial charge in [-0.1, -0.05) is 18.2 Å². The number of likely N-dealkylation sites (tertiary alicyclic amines) is 1. The molecule has 1 saturated heterocycles. The Kier molecular flexibility index (Phi) is 6.09. The van der Waals surface area contributed by atoms with E-state index < -0.39 is 0 Å². The first kappa shape index (κ1) is 17.1. The van der Waals surface area contributed by atoms with Gasteiger partial charge in [0.15, 0.2) is 6.10 Å². The number of nitrogens with one attached hydrogen (secondary N) is 1. The molecule has 1 aromatic carbocycles. The molecular weight excluding hydrogens is 300 g/mol. The van der Waals surface area contributed by atoms with Gasteiger partial charge in [-0.05, 0) is 50.4 Å². The highest BCUT2D eigenvalue weighted by molar-refractivity contribution is 5.85. The summed E-state index contributed by atoms with van der Waals surface area (Å²) in [6.45, 7) is 2.83. The average molecular weight is 325 g/mol. The minimum Gasteiger partial charge on any atom is -0.480 e. The molecule has 0 aliphatic carbocycles. The van der Waals surface area contributed by atoms with Crippen LogP contribution in [0.15, 0.2) is 24.3 Å². The number of fused-ring (bicyclic) bond motifs is 1. The van der Waals surface area contributed by atoms with Crippen molar-refractivity contribution in [2.45, 2.75) is 31.8 Å². The SMILES string of the molecule is CNCCC1CCN(C(=O)C2Cc3ccccc3O2)CC1.Cl. The molecule has 0 radical (unpaired) electrons. The van der Waals surface area contributed by atoms with Gasteiger partial charge in [-0.2, -0.15) is 0 Å². The third-order valence-electron chi connectivity index (χ3n) is 4.65. The summed E-state index contributed by atoms with van der Waals surface area (Å²) in [6.07, 6.45) is 3.86. The van der Waals surface area contributed by atoms with Crippen molar-refractivity contribution in [3.05, 3.63) is 29.8 Å². The maximum absolute atomic E-state index is 12.6. The molecule has 22 heavy (non-hydrogen) atoms. The van der Waals surface area contributed by atoms with Crippen molar-refractivity contribution in [2.24, 2.45) is 5.92 Å². The second-order valence-electron chi connectivity index (χ2n) is 6.08. The molecule has 0 saturated carbocycles. The molecule has 0 spiro atoms. The maximum Gasteiger partial charge on any atom is 0.263 e. The standard InChI is InChI=1S/C17H24N2O2.ClH/c1-18-9-6-13-7-10-19(11-8-13)17(20)16-12-14-4-2-3-5-15(14)21-16;/h2-5,13,16,18H,6-12H2,1H3;1H. The first-order valence-corrected chi connectivity index (χ1v) is 7.96. The Morgan fingerprint density at radius 2 is 2.05 bits per heavy atom. The first-order valence-electron chi connectivity index (χ1n) is 7.96. The van der Waals surface area contributed by atoms with E-state index in [0.717, 1.165) is 49.7 Å². The zero-order valence-corrected chi connectivity index (χ0v) is 13.9. The highest BCUT2D eigenvalue weighted by atomic mass is 35.5. The normalized spacial score (nSPS) is 21.0. The van der Waals surface area contributed by atoms with E-state index in [1.165, 1.54) is 6.42 Å². The minimum atomic E-state index is -0.309. The lowest BCUT2D eigenvalue weighted by Crippen LogP contribution is -2.45. The predicted octanol–water partition coefficient (Wildman–Crippen LogP) is 2.26. The van der Waals surface area contributed by atoms with E-state index in [-0.39, 0.29) is 24.4 Å². The van der Waals surface area contributed by atoms with Crippen LogP contribution >= 0.6 is 12.4 Å². The Hall–Kier alpha value is -1.26. The number of nitrogens with zero attached hydrogens (tertiary/aromatic N) is 1. The van der Waals surface area contributed by atoms with Crippen LogP contribution in [0.5, 0.6) is 5.75 Å². The quantitative estimate of drug-likeness (QED) is 0.923. The third kappa shape index (κ3) is 3.73. The van der Waals surface area contributed by atoms with E-state index in [1.54, 1.807) is 0 Å². The largest absolute Gasteiger partial charge is 0.480 e. The second kappa shape index (κ2) is 7.84. The number of hydrogen-bond acceptors (Lipinski definition) is 3. The van der Waals surface area contributed by atoms with Crippen LogP contribution in [-0.2, 0) is 11.2 Å². The van der Waals surface area contributed by atoms with Gasteiger partial charge in [0.25, 0.3) is 5.91 Å². The molecular formula is C17H25ClN2O2. The number of piperidine rings is 1. The van der Waals surface area contributed by atoms with Crippen molar-refractivity contribution in [2.75, 3.05) is 26.7 Å². The number of halogens is 1. The summed E-state index contributed by atoms with van der Waals surface area (Å²) in [7, 11) is 1.99. The number of hydrogen-bond donors (Lipinski definition) is 1. The Labute approximate surface area is 138 Å². The number of rotatable bonds is 4. The van der Waals surface area contributed by atoms with Crippen molar-refractivity contribution in [3.8, 4) is 5.75 Å². The Morgan fingerprint density at radius 1 is 1.32 bits per heavy atom. The fourth-order valence-corrected chi connectivity index (χ4v) is 3.31. The summed E-state index contributed by atoms with van der Waals surface area (Å²) in [5, 5.41) is 3.20. The van der Waals surface area contributed by atoms with E-state index in [9.17, 15) is 4.79 Å². The highest BCUT2D eigenvalue weighted by Gasteiger charge is 2.33. The molecule has 122 valence electrons. The van der Waals surface area contributed by atoms with Gasteiger partial charge in [0.05, 0.1) is 0 Å². The molecule has 2 heterocycles. The maximum atomic E-state index is 12.6. The van der Waals surface area contributed by atoms with Crippen LogP contribution in [0.2, 0.25) is 0 Å². The Morgan fingerprint density at radius 3 is 2.73 bits per heavy atom. The van der Waals surface area contributed by atoms with Crippen molar-refractivity contribution >= 4 is 18.3 Å². The molecule has 1 N–H and O–H groups in total. The zero-order chi connectivity index (χ0) is 14.7. The molecule has 1 amide bonds.